The lowest BCUT2D eigenvalue weighted by atomic mass is 10.0. The van der Waals surface area contributed by atoms with Crippen LogP contribution in [0.5, 0.6) is 0 Å². The van der Waals surface area contributed by atoms with Crippen LogP contribution in [0.3, 0.4) is 0 Å². The van der Waals surface area contributed by atoms with Gasteiger partial charge in [0.15, 0.2) is 5.69 Å². The Kier molecular flexibility index (Phi) is 3.40. The molecule has 88 valence electrons. The average molecular weight is 242 g/mol. The van der Waals surface area contributed by atoms with Crippen LogP contribution in [0.1, 0.15) is 34.3 Å². The van der Waals surface area contributed by atoms with E-state index >= 15 is 0 Å². The molecule has 2 N–H and O–H groups in total. The third-order valence-corrected chi connectivity index (χ3v) is 3.61. The lowest BCUT2D eigenvalue weighted by Gasteiger charge is -2.19. The van der Waals surface area contributed by atoms with Gasteiger partial charge in [-0.05, 0) is 12.8 Å². The standard InChI is InChI=1S/C10H14N2O3S/c1-14-10(13)7-8(11)16-9(12-7)6-3-2-4-15-5-6/h6H,2-5,11H2,1H3. The monoisotopic (exact) mass is 242 g/mol. The largest absolute Gasteiger partial charge is 0.464 e. The molecule has 0 amide bonds. The van der Waals surface area contributed by atoms with Gasteiger partial charge in [0.1, 0.15) is 10.0 Å². The summed E-state index contributed by atoms with van der Waals surface area (Å²) in [7, 11) is 1.32. The Hall–Kier alpha value is -1.14. The second-order valence-corrected chi connectivity index (χ2v) is 4.73. The zero-order valence-electron chi connectivity index (χ0n) is 9.06. The molecule has 2 rings (SSSR count). The number of aromatic nitrogens is 1. The molecule has 1 aromatic heterocycles. The van der Waals surface area contributed by atoms with Crippen molar-refractivity contribution in [2.45, 2.75) is 18.8 Å². The van der Waals surface area contributed by atoms with Gasteiger partial charge in [0.05, 0.1) is 13.7 Å². The molecule has 1 aromatic rings. The Bertz CT molecular complexity index is 385. The molecule has 2 heterocycles. The van der Waals surface area contributed by atoms with Gasteiger partial charge in [0, 0.05) is 12.5 Å². The quantitative estimate of drug-likeness (QED) is 0.793. The zero-order chi connectivity index (χ0) is 11.5. The Labute approximate surface area is 97.6 Å². The number of nitrogen functional groups attached to an aromatic ring is 1. The van der Waals surface area contributed by atoms with E-state index in [1.54, 1.807) is 0 Å². The van der Waals surface area contributed by atoms with E-state index in [0.717, 1.165) is 24.5 Å². The van der Waals surface area contributed by atoms with Gasteiger partial charge in [-0.2, -0.15) is 0 Å². The minimum atomic E-state index is -0.475. The average Bonchev–Trinajstić information content (AvgIpc) is 2.71. The molecular weight excluding hydrogens is 228 g/mol. The maximum Gasteiger partial charge on any atom is 0.359 e. The Morgan fingerprint density at radius 3 is 3.12 bits per heavy atom. The van der Waals surface area contributed by atoms with Gasteiger partial charge in [-0.15, -0.1) is 11.3 Å². The second-order valence-electron chi connectivity index (χ2n) is 3.67. The molecule has 0 aromatic carbocycles. The van der Waals surface area contributed by atoms with Crippen molar-refractivity contribution in [2.75, 3.05) is 26.1 Å². The molecule has 1 atom stereocenters. The van der Waals surface area contributed by atoms with E-state index in [2.05, 4.69) is 9.72 Å². The highest BCUT2D eigenvalue weighted by atomic mass is 32.1. The molecule has 1 aliphatic heterocycles. The normalized spacial score (nSPS) is 20.7. The van der Waals surface area contributed by atoms with Gasteiger partial charge in [-0.25, -0.2) is 9.78 Å². The number of hydrogen-bond donors (Lipinski definition) is 1. The summed E-state index contributed by atoms with van der Waals surface area (Å²) in [6, 6.07) is 0. The van der Waals surface area contributed by atoms with Crippen LogP contribution < -0.4 is 5.73 Å². The third-order valence-electron chi connectivity index (χ3n) is 2.56. The Balaban J connectivity index is 2.19. The topological polar surface area (TPSA) is 74.4 Å². The number of hydrogen-bond acceptors (Lipinski definition) is 6. The molecule has 0 spiro atoms. The molecule has 16 heavy (non-hydrogen) atoms. The summed E-state index contributed by atoms with van der Waals surface area (Å²) in [5.74, 6) is -0.212. The minimum Gasteiger partial charge on any atom is -0.464 e. The number of esters is 1. The molecule has 0 aliphatic carbocycles. The summed E-state index contributed by atoms with van der Waals surface area (Å²) in [4.78, 5) is 15.6. The maximum atomic E-state index is 11.3. The van der Waals surface area contributed by atoms with E-state index in [1.165, 1.54) is 18.4 Å². The van der Waals surface area contributed by atoms with Crippen molar-refractivity contribution >= 4 is 22.3 Å². The predicted octanol–water partition coefficient (Wildman–Crippen LogP) is 1.41. The summed E-state index contributed by atoms with van der Waals surface area (Å²) in [6.45, 7) is 1.47. The number of ether oxygens (including phenoxy) is 2. The first-order valence-corrected chi connectivity index (χ1v) is 5.96. The van der Waals surface area contributed by atoms with Gasteiger partial charge in [-0.1, -0.05) is 0 Å². The van der Waals surface area contributed by atoms with Crippen molar-refractivity contribution < 1.29 is 14.3 Å². The van der Waals surface area contributed by atoms with Crippen LogP contribution in [0, 0.1) is 0 Å². The van der Waals surface area contributed by atoms with Crippen LogP contribution in [-0.4, -0.2) is 31.3 Å². The van der Waals surface area contributed by atoms with E-state index in [-0.39, 0.29) is 11.6 Å². The number of anilines is 1. The molecule has 1 aliphatic rings. The van der Waals surface area contributed by atoms with Crippen molar-refractivity contribution in [2.24, 2.45) is 0 Å². The van der Waals surface area contributed by atoms with Gasteiger partial charge in [0.2, 0.25) is 0 Å². The fourth-order valence-corrected chi connectivity index (χ4v) is 2.64. The maximum absolute atomic E-state index is 11.3. The summed E-state index contributed by atoms with van der Waals surface area (Å²) in [5.41, 5.74) is 5.97. The van der Waals surface area contributed by atoms with E-state index < -0.39 is 5.97 Å². The van der Waals surface area contributed by atoms with Crippen LogP contribution >= 0.6 is 11.3 Å². The highest BCUT2D eigenvalue weighted by molar-refractivity contribution is 7.16. The fraction of sp³-hybridized carbons (Fsp3) is 0.600. The van der Waals surface area contributed by atoms with Crippen molar-refractivity contribution in [3.63, 3.8) is 0 Å². The van der Waals surface area contributed by atoms with Gasteiger partial charge < -0.3 is 15.2 Å². The van der Waals surface area contributed by atoms with E-state index in [0.29, 0.717) is 11.6 Å². The number of nitrogens with zero attached hydrogens (tertiary/aromatic N) is 1. The number of thiazole rings is 1. The van der Waals surface area contributed by atoms with Crippen molar-refractivity contribution in [3.8, 4) is 0 Å². The molecule has 1 saturated heterocycles. The first-order chi connectivity index (χ1) is 7.72. The molecule has 0 saturated carbocycles. The first kappa shape index (κ1) is 11.3. The summed E-state index contributed by atoms with van der Waals surface area (Å²) < 4.78 is 9.99. The number of carbonyl (C=O) groups excluding carboxylic acids is 1. The van der Waals surface area contributed by atoms with E-state index in [4.69, 9.17) is 10.5 Å². The molecule has 0 bridgehead atoms. The minimum absolute atomic E-state index is 0.230. The third kappa shape index (κ3) is 2.17. The first-order valence-electron chi connectivity index (χ1n) is 5.14. The zero-order valence-corrected chi connectivity index (χ0v) is 9.88. The Morgan fingerprint density at radius 2 is 2.50 bits per heavy atom. The lowest BCUT2D eigenvalue weighted by molar-refractivity contribution is 0.0594. The highest BCUT2D eigenvalue weighted by Gasteiger charge is 2.23. The molecule has 1 fully saturated rings. The summed E-state index contributed by atoms with van der Waals surface area (Å²) >= 11 is 1.35. The second kappa shape index (κ2) is 4.80. The van der Waals surface area contributed by atoms with Gasteiger partial charge >= 0.3 is 5.97 Å². The number of methoxy groups -OCH3 is 1. The molecule has 0 radical (unpaired) electrons. The van der Waals surface area contributed by atoms with Crippen molar-refractivity contribution in [1.29, 1.82) is 0 Å². The highest BCUT2D eigenvalue weighted by Crippen LogP contribution is 2.32. The molecular formula is C10H14N2O3S. The van der Waals surface area contributed by atoms with Crippen LogP contribution in [0.25, 0.3) is 0 Å². The summed E-state index contributed by atoms with van der Waals surface area (Å²) in [5, 5.41) is 1.30. The Morgan fingerprint density at radius 1 is 1.69 bits per heavy atom. The van der Waals surface area contributed by atoms with Crippen LogP contribution in [0.4, 0.5) is 5.00 Å². The van der Waals surface area contributed by atoms with Gasteiger partial charge in [0.25, 0.3) is 0 Å². The van der Waals surface area contributed by atoms with E-state index in [1.807, 2.05) is 0 Å². The lowest BCUT2D eigenvalue weighted by Crippen LogP contribution is -2.15. The van der Waals surface area contributed by atoms with E-state index in [9.17, 15) is 4.79 Å². The smallest absolute Gasteiger partial charge is 0.359 e. The molecule has 1 unspecified atom stereocenters. The summed E-state index contributed by atoms with van der Waals surface area (Å²) in [6.07, 6.45) is 2.06. The number of carbonyl (C=O) groups is 1. The van der Waals surface area contributed by atoms with Crippen molar-refractivity contribution in [1.82, 2.24) is 4.98 Å². The number of nitrogens with two attached hydrogens (primary N) is 1. The number of rotatable bonds is 2. The SMILES string of the molecule is COC(=O)c1nc(C2CCCOC2)sc1N. The predicted molar refractivity (Wildman–Crippen MR) is 60.7 cm³/mol. The van der Waals surface area contributed by atoms with Crippen LogP contribution in [-0.2, 0) is 9.47 Å². The van der Waals surface area contributed by atoms with Crippen LogP contribution in [0.2, 0.25) is 0 Å². The van der Waals surface area contributed by atoms with Crippen molar-refractivity contribution in [3.05, 3.63) is 10.7 Å². The molecule has 6 heteroatoms. The fourth-order valence-electron chi connectivity index (χ4n) is 1.70. The van der Waals surface area contributed by atoms with Gasteiger partial charge in [-0.3, -0.25) is 0 Å². The molecule has 5 nitrogen and oxygen atoms in total. The van der Waals surface area contributed by atoms with Crippen LogP contribution in [0.15, 0.2) is 0 Å².